The molecule has 1 aromatic heterocycles. The zero-order chi connectivity index (χ0) is 15.2. The van der Waals surface area contributed by atoms with Crippen molar-refractivity contribution in [2.24, 2.45) is 11.8 Å². The van der Waals surface area contributed by atoms with Crippen LogP contribution in [0.2, 0.25) is 0 Å². The third kappa shape index (κ3) is 4.06. The first kappa shape index (κ1) is 15.5. The van der Waals surface area contributed by atoms with E-state index in [1.807, 2.05) is 0 Å². The van der Waals surface area contributed by atoms with Crippen molar-refractivity contribution < 1.29 is 4.79 Å². The molecule has 0 saturated carbocycles. The van der Waals surface area contributed by atoms with Gasteiger partial charge < -0.3 is 10.2 Å². The molecular formula is C16H27N5O. The van der Waals surface area contributed by atoms with Gasteiger partial charge in [0.2, 0.25) is 5.91 Å². The lowest BCUT2D eigenvalue weighted by atomic mass is 9.79. The van der Waals surface area contributed by atoms with E-state index in [1.165, 1.54) is 45.1 Å². The highest BCUT2D eigenvalue weighted by atomic mass is 16.2. The average molecular weight is 305 g/mol. The van der Waals surface area contributed by atoms with Crippen LogP contribution in [-0.2, 0) is 11.3 Å². The van der Waals surface area contributed by atoms with Crippen LogP contribution in [0.5, 0.6) is 0 Å². The van der Waals surface area contributed by atoms with Gasteiger partial charge in [0.05, 0.1) is 0 Å². The van der Waals surface area contributed by atoms with Gasteiger partial charge in [-0.2, -0.15) is 5.10 Å². The molecule has 0 spiro atoms. The number of rotatable bonds is 5. The SMILES string of the molecule is O=C(CCCn1cncn1)N1CCC(C2CCNCC2)CC1. The van der Waals surface area contributed by atoms with Crippen molar-refractivity contribution in [3.63, 3.8) is 0 Å². The molecule has 0 unspecified atom stereocenters. The normalized spacial score (nSPS) is 21.2. The van der Waals surface area contributed by atoms with Gasteiger partial charge in [-0.05, 0) is 57.0 Å². The van der Waals surface area contributed by atoms with Crippen LogP contribution in [-0.4, -0.2) is 51.8 Å². The fourth-order valence-corrected chi connectivity index (χ4v) is 3.83. The summed E-state index contributed by atoms with van der Waals surface area (Å²) in [7, 11) is 0. The minimum Gasteiger partial charge on any atom is -0.343 e. The molecule has 122 valence electrons. The number of nitrogens with one attached hydrogen (secondary N) is 1. The van der Waals surface area contributed by atoms with E-state index in [1.54, 1.807) is 11.0 Å². The second kappa shape index (κ2) is 7.72. The van der Waals surface area contributed by atoms with Crippen molar-refractivity contribution in [3.05, 3.63) is 12.7 Å². The number of hydrogen-bond acceptors (Lipinski definition) is 4. The molecule has 1 amide bonds. The van der Waals surface area contributed by atoms with Crippen molar-refractivity contribution in [2.75, 3.05) is 26.2 Å². The van der Waals surface area contributed by atoms with Crippen molar-refractivity contribution in [2.45, 2.75) is 45.1 Å². The molecule has 1 N–H and O–H groups in total. The molecule has 0 atom stereocenters. The summed E-state index contributed by atoms with van der Waals surface area (Å²) in [6, 6.07) is 0. The Morgan fingerprint density at radius 1 is 1.14 bits per heavy atom. The predicted octanol–water partition coefficient (Wildman–Crippen LogP) is 1.30. The summed E-state index contributed by atoms with van der Waals surface area (Å²) in [6.07, 6.45) is 9.72. The molecule has 3 heterocycles. The molecule has 1 aromatic rings. The van der Waals surface area contributed by atoms with Gasteiger partial charge >= 0.3 is 0 Å². The topological polar surface area (TPSA) is 63.1 Å². The van der Waals surface area contributed by atoms with Crippen LogP contribution in [0.4, 0.5) is 0 Å². The molecule has 2 aliphatic heterocycles. The third-order valence-electron chi connectivity index (χ3n) is 5.19. The lowest BCUT2D eigenvalue weighted by molar-refractivity contribution is -0.133. The fourth-order valence-electron chi connectivity index (χ4n) is 3.83. The molecule has 2 saturated heterocycles. The molecule has 0 bridgehead atoms. The summed E-state index contributed by atoms with van der Waals surface area (Å²) in [6.45, 7) is 5.03. The van der Waals surface area contributed by atoms with Crippen molar-refractivity contribution >= 4 is 5.91 Å². The monoisotopic (exact) mass is 305 g/mol. The standard InChI is InChI=1S/C16H27N5O/c22-16(2-1-9-21-13-18-12-19-21)20-10-5-15(6-11-20)14-3-7-17-8-4-14/h12-15,17H,1-11H2. The number of carbonyl (C=O) groups is 1. The van der Waals surface area contributed by atoms with Gasteiger partial charge in [0.15, 0.2) is 0 Å². The molecule has 6 heteroatoms. The fraction of sp³-hybridized carbons (Fsp3) is 0.812. The van der Waals surface area contributed by atoms with E-state index < -0.39 is 0 Å². The maximum absolute atomic E-state index is 12.3. The van der Waals surface area contributed by atoms with Gasteiger partial charge in [0.1, 0.15) is 12.7 Å². The molecule has 6 nitrogen and oxygen atoms in total. The Morgan fingerprint density at radius 2 is 1.86 bits per heavy atom. The van der Waals surface area contributed by atoms with Crippen LogP contribution in [0.1, 0.15) is 38.5 Å². The Bertz CT molecular complexity index is 447. The summed E-state index contributed by atoms with van der Waals surface area (Å²) in [5.41, 5.74) is 0. The molecule has 3 rings (SSSR count). The first-order valence-electron chi connectivity index (χ1n) is 8.64. The zero-order valence-corrected chi connectivity index (χ0v) is 13.3. The van der Waals surface area contributed by atoms with Crippen LogP contribution in [0.3, 0.4) is 0 Å². The lowest BCUT2D eigenvalue weighted by Gasteiger charge is -2.37. The van der Waals surface area contributed by atoms with E-state index in [9.17, 15) is 4.79 Å². The number of piperidine rings is 2. The summed E-state index contributed by atoms with van der Waals surface area (Å²) >= 11 is 0. The van der Waals surface area contributed by atoms with Gasteiger partial charge in [-0.15, -0.1) is 0 Å². The zero-order valence-electron chi connectivity index (χ0n) is 13.3. The Hall–Kier alpha value is -1.43. The van der Waals surface area contributed by atoms with Crippen molar-refractivity contribution in [1.29, 1.82) is 0 Å². The van der Waals surface area contributed by atoms with Gasteiger partial charge in [0.25, 0.3) is 0 Å². The third-order valence-corrected chi connectivity index (χ3v) is 5.19. The Kier molecular flexibility index (Phi) is 5.43. The molecule has 2 aliphatic rings. The maximum Gasteiger partial charge on any atom is 0.222 e. The Labute approximate surface area is 132 Å². The Balaban J connectivity index is 1.36. The number of aromatic nitrogens is 3. The van der Waals surface area contributed by atoms with Crippen molar-refractivity contribution in [1.82, 2.24) is 25.0 Å². The average Bonchev–Trinajstić information content (AvgIpc) is 3.09. The van der Waals surface area contributed by atoms with E-state index in [0.717, 1.165) is 37.9 Å². The quantitative estimate of drug-likeness (QED) is 0.890. The van der Waals surface area contributed by atoms with Crippen LogP contribution >= 0.6 is 0 Å². The second-order valence-corrected chi connectivity index (χ2v) is 6.57. The number of aryl methyl sites for hydroxylation is 1. The number of likely N-dealkylation sites (tertiary alicyclic amines) is 1. The van der Waals surface area contributed by atoms with Crippen molar-refractivity contribution in [3.8, 4) is 0 Å². The van der Waals surface area contributed by atoms with E-state index in [-0.39, 0.29) is 0 Å². The number of carbonyl (C=O) groups excluding carboxylic acids is 1. The van der Waals surface area contributed by atoms with E-state index in [4.69, 9.17) is 0 Å². The van der Waals surface area contributed by atoms with Crippen LogP contribution in [0, 0.1) is 11.8 Å². The first-order chi connectivity index (χ1) is 10.8. The molecular weight excluding hydrogens is 278 g/mol. The molecule has 0 aliphatic carbocycles. The second-order valence-electron chi connectivity index (χ2n) is 6.57. The first-order valence-corrected chi connectivity index (χ1v) is 8.64. The maximum atomic E-state index is 12.3. The lowest BCUT2D eigenvalue weighted by Crippen LogP contribution is -2.42. The van der Waals surface area contributed by atoms with E-state index in [2.05, 4.69) is 20.3 Å². The van der Waals surface area contributed by atoms with Crippen LogP contribution in [0.25, 0.3) is 0 Å². The highest BCUT2D eigenvalue weighted by Crippen LogP contribution is 2.30. The number of nitrogens with zero attached hydrogens (tertiary/aromatic N) is 4. The number of amides is 1. The molecule has 22 heavy (non-hydrogen) atoms. The van der Waals surface area contributed by atoms with Crippen LogP contribution in [0.15, 0.2) is 12.7 Å². The summed E-state index contributed by atoms with van der Waals surface area (Å²) in [5.74, 6) is 2.02. The van der Waals surface area contributed by atoms with E-state index >= 15 is 0 Å². The highest BCUT2D eigenvalue weighted by Gasteiger charge is 2.28. The summed E-state index contributed by atoms with van der Waals surface area (Å²) < 4.78 is 1.79. The number of hydrogen-bond donors (Lipinski definition) is 1. The van der Waals surface area contributed by atoms with Gasteiger partial charge in [-0.25, -0.2) is 4.98 Å². The summed E-state index contributed by atoms with van der Waals surface area (Å²) in [5, 5.41) is 7.50. The van der Waals surface area contributed by atoms with Crippen LogP contribution < -0.4 is 5.32 Å². The van der Waals surface area contributed by atoms with Gasteiger partial charge in [0, 0.05) is 26.1 Å². The van der Waals surface area contributed by atoms with E-state index in [0.29, 0.717) is 12.3 Å². The largest absolute Gasteiger partial charge is 0.343 e. The molecule has 2 fully saturated rings. The Morgan fingerprint density at radius 3 is 2.55 bits per heavy atom. The predicted molar refractivity (Wildman–Crippen MR) is 84.2 cm³/mol. The highest BCUT2D eigenvalue weighted by molar-refractivity contribution is 5.76. The molecule has 0 aromatic carbocycles. The minimum absolute atomic E-state index is 0.309. The molecule has 0 radical (unpaired) electrons. The minimum atomic E-state index is 0.309. The summed E-state index contributed by atoms with van der Waals surface area (Å²) in [4.78, 5) is 18.3. The van der Waals surface area contributed by atoms with Gasteiger partial charge in [-0.1, -0.05) is 0 Å². The van der Waals surface area contributed by atoms with Gasteiger partial charge in [-0.3, -0.25) is 9.48 Å². The smallest absolute Gasteiger partial charge is 0.222 e.